The van der Waals surface area contributed by atoms with E-state index in [0.29, 0.717) is 0 Å². The molecular weight excluding hydrogens is 255 g/mol. The Morgan fingerprint density at radius 3 is 2.16 bits per heavy atom. The fourth-order valence-electron chi connectivity index (χ4n) is 3.90. The van der Waals surface area contributed by atoms with Crippen LogP contribution in [0.15, 0.2) is 11.3 Å². The summed E-state index contributed by atoms with van der Waals surface area (Å²) < 4.78 is 38.2. The van der Waals surface area contributed by atoms with Gasteiger partial charge in [-0.1, -0.05) is 12.8 Å². The van der Waals surface area contributed by atoms with E-state index in [9.17, 15) is 18.0 Å². The lowest BCUT2D eigenvalue weighted by molar-refractivity contribution is -0.168. The van der Waals surface area contributed by atoms with Crippen molar-refractivity contribution in [3.8, 4) is 0 Å². The van der Waals surface area contributed by atoms with Crippen molar-refractivity contribution in [3.05, 3.63) is 11.3 Å². The second kappa shape index (κ2) is 4.53. The van der Waals surface area contributed by atoms with E-state index < -0.39 is 12.0 Å². The van der Waals surface area contributed by atoms with Crippen LogP contribution in [-0.2, 0) is 4.79 Å². The SMILES string of the molecule is O=C(C1=C(N2CCCC2)C2CCCCC12)C(F)(F)F. The molecule has 1 saturated carbocycles. The zero-order valence-electron chi connectivity index (χ0n) is 10.8. The van der Waals surface area contributed by atoms with Crippen molar-refractivity contribution in [1.82, 2.24) is 4.90 Å². The van der Waals surface area contributed by atoms with E-state index in [-0.39, 0.29) is 17.4 Å². The van der Waals surface area contributed by atoms with Crippen molar-refractivity contribution in [2.75, 3.05) is 13.1 Å². The molecule has 0 aromatic heterocycles. The molecule has 106 valence electrons. The van der Waals surface area contributed by atoms with Crippen molar-refractivity contribution in [2.24, 2.45) is 11.8 Å². The van der Waals surface area contributed by atoms with Gasteiger partial charge in [-0.15, -0.1) is 0 Å². The molecule has 2 aliphatic carbocycles. The molecule has 0 aromatic rings. The van der Waals surface area contributed by atoms with Crippen LogP contribution in [0, 0.1) is 11.8 Å². The number of likely N-dealkylation sites (tertiary alicyclic amines) is 1. The van der Waals surface area contributed by atoms with Gasteiger partial charge in [0.1, 0.15) is 0 Å². The molecule has 1 heterocycles. The van der Waals surface area contributed by atoms with Crippen molar-refractivity contribution < 1.29 is 18.0 Å². The number of rotatable bonds is 2. The van der Waals surface area contributed by atoms with Crippen molar-refractivity contribution in [3.63, 3.8) is 0 Å². The summed E-state index contributed by atoms with van der Waals surface area (Å²) in [6, 6.07) is 0. The molecule has 3 aliphatic rings. The van der Waals surface area contributed by atoms with Crippen LogP contribution in [0.5, 0.6) is 0 Å². The first-order valence-corrected chi connectivity index (χ1v) is 7.10. The molecule has 2 nitrogen and oxygen atoms in total. The van der Waals surface area contributed by atoms with Crippen LogP contribution < -0.4 is 0 Å². The van der Waals surface area contributed by atoms with Gasteiger partial charge < -0.3 is 4.90 Å². The number of carbonyl (C=O) groups is 1. The second-order valence-corrected chi connectivity index (χ2v) is 5.82. The van der Waals surface area contributed by atoms with Gasteiger partial charge in [-0.3, -0.25) is 4.79 Å². The molecule has 0 radical (unpaired) electrons. The van der Waals surface area contributed by atoms with Crippen LogP contribution in [0.2, 0.25) is 0 Å². The van der Waals surface area contributed by atoms with Gasteiger partial charge in [0.05, 0.1) is 0 Å². The van der Waals surface area contributed by atoms with Crippen LogP contribution in [0.1, 0.15) is 38.5 Å². The van der Waals surface area contributed by atoms with E-state index in [1.54, 1.807) is 0 Å². The summed E-state index contributed by atoms with van der Waals surface area (Å²) in [5.41, 5.74) is 0.837. The molecule has 0 amide bonds. The fraction of sp³-hybridized carbons (Fsp3) is 0.786. The van der Waals surface area contributed by atoms with Crippen LogP contribution in [-0.4, -0.2) is 29.9 Å². The first kappa shape index (κ1) is 13.0. The topological polar surface area (TPSA) is 20.3 Å². The van der Waals surface area contributed by atoms with Gasteiger partial charge in [0.2, 0.25) is 0 Å². The summed E-state index contributed by atoms with van der Waals surface area (Å²) in [5, 5.41) is 0. The maximum Gasteiger partial charge on any atom is 0.454 e. The smallest absolute Gasteiger partial charge is 0.374 e. The van der Waals surface area contributed by atoms with Gasteiger partial charge in [-0.05, 0) is 31.6 Å². The zero-order chi connectivity index (χ0) is 13.6. The standard InChI is InChI=1S/C14H18F3NO/c15-14(16,17)13(19)11-9-5-1-2-6-10(9)12(11)18-7-3-4-8-18/h9-10H,1-8H2. The summed E-state index contributed by atoms with van der Waals surface area (Å²) in [6.45, 7) is 1.63. The molecule has 2 fully saturated rings. The summed E-state index contributed by atoms with van der Waals surface area (Å²) in [7, 11) is 0. The first-order valence-electron chi connectivity index (χ1n) is 7.10. The Labute approximate surface area is 110 Å². The van der Waals surface area contributed by atoms with E-state index >= 15 is 0 Å². The molecule has 2 unspecified atom stereocenters. The molecule has 0 N–H and O–H groups in total. The van der Waals surface area contributed by atoms with Crippen LogP contribution in [0.25, 0.3) is 0 Å². The van der Waals surface area contributed by atoms with Crippen LogP contribution in [0.4, 0.5) is 13.2 Å². The van der Waals surface area contributed by atoms with E-state index in [2.05, 4.69) is 0 Å². The minimum absolute atomic E-state index is 0.0964. The molecule has 1 saturated heterocycles. The molecular formula is C14H18F3NO. The lowest BCUT2D eigenvalue weighted by atomic mass is 9.62. The monoisotopic (exact) mass is 273 g/mol. The third-order valence-electron chi connectivity index (χ3n) is 4.71. The van der Waals surface area contributed by atoms with Crippen LogP contribution in [0.3, 0.4) is 0 Å². The van der Waals surface area contributed by atoms with Crippen LogP contribution >= 0.6 is 0 Å². The molecule has 0 aromatic carbocycles. The van der Waals surface area contributed by atoms with Gasteiger partial charge in [0.15, 0.2) is 0 Å². The minimum atomic E-state index is -4.72. The quantitative estimate of drug-likeness (QED) is 0.769. The van der Waals surface area contributed by atoms with Gasteiger partial charge >= 0.3 is 6.18 Å². The van der Waals surface area contributed by atoms with E-state index in [1.807, 2.05) is 4.90 Å². The molecule has 3 rings (SSSR count). The normalized spacial score (nSPS) is 31.2. The maximum atomic E-state index is 12.7. The molecule has 19 heavy (non-hydrogen) atoms. The molecule has 5 heteroatoms. The highest BCUT2D eigenvalue weighted by Gasteiger charge is 2.53. The van der Waals surface area contributed by atoms with E-state index in [1.165, 1.54) is 0 Å². The third kappa shape index (κ3) is 2.07. The molecule has 0 bridgehead atoms. The second-order valence-electron chi connectivity index (χ2n) is 5.82. The van der Waals surface area contributed by atoms with Gasteiger partial charge in [-0.2, -0.15) is 13.2 Å². The Balaban J connectivity index is 1.94. The van der Waals surface area contributed by atoms with E-state index in [4.69, 9.17) is 0 Å². The maximum absolute atomic E-state index is 12.7. The van der Waals surface area contributed by atoms with Gasteiger partial charge in [0, 0.05) is 30.3 Å². The summed E-state index contributed by atoms with van der Waals surface area (Å²) in [4.78, 5) is 13.7. The highest BCUT2D eigenvalue weighted by atomic mass is 19.4. The number of Topliss-reactive ketones (excluding diaryl/α,β-unsaturated/α-hetero) is 1. The predicted octanol–water partition coefficient (Wildman–Crippen LogP) is 3.29. The van der Waals surface area contributed by atoms with Crippen molar-refractivity contribution >= 4 is 5.78 Å². The average Bonchev–Trinajstić information content (AvgIpc) is 2.83. The lowest BCUT2D eigenvalue weighted by Crippen LogP contribution is -2.46. The minimum Gasteiger partial charge on any atom is -0.374 e. The Bertz CT molecular complexity index is 421. The first-order chi connectivity index (χ1) is 9.00. The number of allylic oxidation sites excluding steroid dienone is 2. The Kier molecular flexibility index (Phi) is 3.10. The Hall–Kier alpha value is -1.00. The number of halogens is 3. The Morgan fingerprint density at radius 2 is 1.58 bits per heavy atom. The number of alkyl halides is 3. The number of ketones is 1. The number of fused-ring (bicyclic) bond motifs is 1. The van der Waals surface area contributed by atoms with E-state index in [0.717, 1.165) is 57.3 Å². The van der Waals surface area contributed by atoms with Gasteiger partial charge in [0.25, 0.3) is 5.78 Å². The highest BCUT2D eigenvalue weighted by molar-refractivity contribution is 6.02. The molecule has 2 atom stereocenters. The average molecular weight is 273 g/mol. The highest BCUT2D eigenvalue weighted by Crippen LogP contribution is 2.52. The van der Waals surface area contributed by atoms with Crippen molar-refractivity contribution in [2.45, 2.75) is 44.7 Å². The van der Waals surface area contributed by atoms with Gasteiger partial charge in [-0.25, -0.2) is 0 Å². The lowest BCUT2D eigenvalue weighted by Gasteiger charge is -2.48. The number of hydrogen-bond acceptors (Lipinski definition) is 2. The largest absolute Gasteiger partial charge is 0.454 e. The number of hydrogen-bond donors (Lipinski definition) is 0. The fourth-order valence-corrected chi connectivity index (χ4v) is 3.90. The number of carbonyl (C=O) groups excluding carboxylic acids is 1. The summed E-state index contributed by atoms with van der Waals surface area (Å²) >= 11 is 0. The van der Waals surface area contributed by atoms with Crippen molar-refractivity contribution in [1.29, 1.82) is 0 Å². The summed E-state index contributed by atoms with van der Waals surface area (Å²) in [6.07, 6.45) is 1.05. The third-order valence-corrected chi connectivity index (χ3v) is 4.71. The molecule has 1 aliphatic heterocycles. The summed E-state index contributed by atoms with van der Waals surface area (Å²) in [5.74, 6) is -1.50. The molecule has 0 spiro atoms. The Morgan fingerprint density at radius 1 is 1.00 bits per heavy atom. The predicted molar refractivity (Wildman–Crippen MR) is 64.3 cm³/mol. The zero-order valence-corrected chi connectivity index (χ0v) is 10.8. The number of nitrogens with zero attached hydrogens (tertiary/aromatic N) is 1.